The van der Waals surface area contributed by atoms with Crippen molar-refractivity contribution in [3.05, 3.63) is 94.7 Å². The molecule has 230 valence electrons. The molecule has 9 heteroatoms. The molecule has 9 nitrogen and oxygen atoms in total. The van der Waals surface area contributed by atoms with Crippen molar-refractivity contribution in [3.63, 3.8) is 0 Å². The molecule has 4 aromatic rings. The molecule has 0 radical (unpaired) electrons. The lowest BCUT2D eigenvalue weighted by Crippen LogP contribution is -2.47. The first-order valence-electron chi connectivity index (χ1n) is 15.2. The van der Waals surface area contributed by atoms with E-state index in [-0.39, 0.29) is 17.4 Å². The van der Waals surface area contributed by atoms with Crippen molar-refractivity contribution in [2.75, 3.05) is 43.1 Å². The second-order valence-corrected chi connectivity index (χ2v) is 11.9. The fourth-order valence-corrected chi connectivity index (χ4v) is 5.78. The van der Waals surface area contributed by atoms with Gasteiger partial charge in [0.25, 0.3) is 5.56 Å². The quantitative estimate of drug-likeness (QED) is 0.179. The standard InChI is InChI=1S/C35H41N5O4/c1-6-40-30-11-10-28(23-31(30)37(5)33(42)35(3,4)34(40)43)44-21-7-17-38(24-26-12-15-36-16-13-26)19-20-39-18-14-27-9-8-25(2)22-29(27)32(39)41/h8-16,18,22-23H,6-7,17,19-21,24H2,1-5H3. The number of nitrogens with zero attached hydrogens (tertiary/aromatic N) is 5. The minimum Gasteiger partial charge on any atom is -0.493 e. The lowest BCUT2D eigenvalue weighted by molar-refractivity contribution is -0.137. The topological polar surface area (TPSA) is 88.0 Å². The van der Waals surface area contributed by atoms with Crippen molar-refractivity contribution in [3.8, 4) is 5.75 Å². The number of ether oxygens (including phenoxy) is 1. The second kappa shape index (κ2) is 13.0. The minimum atomic E-state index is -1.15. The van der Waals surface area contributed by atoms with Crippen molar-refractivity contribution in [2.24, 2.45) is 5.41 Å². The Morgan fingerprint density at radius 1 is 0.909 bits per heavy atom. The maximum atomic E-state index is 13.2. The molecule has 0 unspecified atom stereocenters. The molecule has 0 spiro atoms. The van der Waals surface area contributed by atoms with Gasteiger partial charge in [0.15, 0.2) is 0 Å². The van der Waals surface area contributed by atoms with Crippen molar-refractivity contribution < 1.29 is 14.3 Å². The predicted molar refractivity (Wildman–Crippen MR) is 174 cm³/mol. The molecule has 2 aromatic heterocycles. The Balaban J connectivity index is 1.26. The molecule has 1 aliphatic rings. The number of aromatic nitrogens is 2. The number of pyridine rings is 2. The van der Waals surface area contributed by atoms with Gasteiger partial charge < -0.3 is 19.1 Å². The Morgan fingerprint density at radius 2 is 1.68 bits per heavy atom. The number of fused-ring (bicyclic) bond motifs is 2. The first kappa shape index (κ1) is 30.9. The van der Waals surface area contributed by atoms with Gasteiger partial charge in [-0.05, 0) is 81.5 Å². The van der Waals surface area contributed by atoms with Crippen LogP contribution in [0.15, 0.2) is 78.0 Å². The predicted octanol–water partition coefficient (Wildman–Crippen LogP) is 5.03. The zero-order valence-electron chi connectivity index (χ0n) is 26.2. The van der Waals surface area contributed by atoms with E-state index in [4.69, 9.17) is 4.74 Å². The highest BCUT2D eigenvalue weighted by Gasteiger charge is 2.45. The molecule has 0 atom stereocenters. The fourth-order valence-electron chi connectivity index (χ4n) is 5.78. The molecule has 2 aromatic carbocycles. The van der Waals surface area contributed by atoms with Crippen LogP contribution in [0.25, 0.3) is 10.8 Å². The number of hydrogen-bond donors (Lipinski definition) is 0. The van der Waals surface area contributed by atoms with Crippen LogP contribution in [0.2, 0.25) is 0 Å². The minimum absolute atomic E-state index is 0.0248. The molecular formula is C35H41N5O4. The Labute approximate surface area is 258 Å². The lowest BCUT2D eigenvalue weighted by Gasteiger charge is -2.27. The molecule has 0 bridgehead atoms. The summed E-state index contributed by atoms with van der Waals surface area (Å²) >= 11 is 0. The van der Waals surface area contributed by atoms with Gasteiger partial charge in [0.1, 0.15) is 11.2 Å². The highest BCUT2D eigenvalue weighted by Crippen LogP contribution is 2.40. The summed E-state index contributed by atoms with van der Waals surface area (Å²) in [6, 6.07) is 17.5. The third-order valence-electron chi connectivity index (χ3n) is 8.37. The molecule has 44 heavy (non-hydrogen) atoms. The Morgan fingerprint density at radius 3 is 2.43 bits per heavy atom. The van der Waals surface area contributed by atoms with E-state index in [1.807, 2.05) is 74.6 Å². The molecule has 0 fully saturated rings. The Hall–Kier alpha value is -4.50. The van der Waals surface area contributed by atoms with Gasteiger partial charge in [-0.15, -0.1) is 0 Å². The Kier molecular flexibility index (Phi) is 9.15. The smallest absolute Gasteiger partial charge is 0.258 e. The largest absolute Gasteiger partial charge is 0.493 e. The number of carbonyl (C=O) groups is 2. The molecule has 2 amide bonds. The maximum Gasteiger partial charge on any atom is 0.258 e. The average molecular weight is 596 g/mol. The number of hydrogen-bond acceptors (Lipinski definition) is 6. The zero-order valence-corrected chi connectivity index (χ0v) is 26.2. The van der Waals surface area contributed by atoms with Crippen molar-refractivity contribution in [2.45, 2.75) is 47.2 Å². The van der Waals surface area contributed by atoms with Crippen LogP contribution >= 0.6 is 0 Å². The number of carbonyl (C=O) groups excluding carboxylic acids is 2. The number of anilines is 2. The number of amides is 2. The van der Waals surface area contributed by atoms with E-state index in [0.29, 0.717) is 43.4 Å². The van der Waals surface area contributed by atoms with Crippen molar-refractivity contribution >= 4 is 34.0 Å². The molecule has 0 saturated heterocycles. The van der Waals surface area contributed by atoms with Crippen LogP contribution in [0.5, 0.6) is 5.75 Å². The van der Waals surface area contributed by atoms with Crippen molar-refractivity contribution in [1.82, 2.24) is 14.5 Å². The molecule has 0 saturated carbocycles. The van der Waals surface area contributed by atoms with Gasteiger partial charge in [-0.2, -0.15) is 0 Å². The summed E-state index contributed by atoms with van der Waals surface area (Å²) in [6.07, 6.45) is 6.22. The SMILES string of the molecule is CCN1C(=O)C(C)(C)C(=O)N(C)c2cc(OCCCN(CCn3ccc4ccc(C)cc4c3=O)Cc3ccncc3)ccc21. The zero-order chi connectivity index (χ0) is 31.4. The summed E-state index contributed by atoms with van der Waals surface area (Å²) in [5.74, 6) is 0.189. The van der Waals surface area contributed by atoms with E-state index >= 15 is 0 Å². The van der Waals surface area contributed by atoms with Crippen LogP contribution in [0.3, 0.4) is 0 Å². The summed E-state index contributed by atoms with van der Waals surface area (Å²) < 4.78 is 7.94. The number of aryl methyl sites for hydroxylation is 1. The van der Waals surface area contributed by atoms with E-state index in [1.54, 1.807) is 47.7 Å². The van der Waals surface area contributed by atoms with Gasteiger partial charge in [-0.3, -0.25) is 24.3 Å². The molecule has 0 N–H and O–H groups in total. The molecular weight excluding hydrogens is 554 g/mol. The third-order valence-corrected chi connectivity index (χ3v) is 8.37. The number of benzene rings is 2. The molecule has 3 heterocycles. The van der Waals surface area contributed by atoms with Gasteiger partial charge >= 0.3 is 0 Å². The number of rotatable bonds is 11. The van der Waals surface area contributed by atoms with E-state index in [9.17, 15) is 14.4 Å². The van der Waals surface area contributed by atoms with Crippen LogP contribution in [0.1, 0.15) is 38.3 Å². The highest BCUT2D eigenvalue weighted by atomic mass is 16.5. The van der Waals surface area contributed by atoms with Gasteiger partial charge in [-0.1, -0.05) is 17.7 Å². The molecule has 5 rings (SSSR count). The first-order valence-corrected chi connectivity index (χ1v) is 15.2. The summed E-state index contributed by atoms with van der Waals surface area (Å²) in [5, 5.41) is 1.69. The fraction of sp³-hybridized carbons (Fsp3) is 0.371. The normalized spacial score (nSPS) is 14.7. The summed E-state index contributed by atoms with van der Waals surface area (Å²) in [4.78, 5) is 49.2. The van der Waals surface area contributed by atoms with E-state index in [0.717, 1.165) is 41.4 Å². The first-order chi connectivity index (χ1) is 21.1. The second-order valence-electron chi connectivity index (χ2n) is 11.9. The van der Waals surface area contributed by atoms with E-state index in [1.165, 1.54) is 0 Å². The van der Waals surface area contributed by atoms with Gasteiger partial charge in [0, 0.05) is 69.8 Å². The molecule has 0 aliphatic carbocycles. The summed E-state index contributed by atoms with van der Waals surface area (Å²) in [5.41, 5.74) is 2.45. The van der Waals surface area contributed by atoms with Crippen LogP contribution < -0.4 is 20.1 Å². The van der Waals surface area contributed by atoms with Crippen LogP contribution in [-0.4, -0.2) is 59.6 Å². The highest BCUT2D eigenvalue weighted by molar-refractivity contribution is 6.20. The maximum absolute atomic E-state index is 13.2. The molecule has 1 aliphatic heterocycles. The van der Waals surface area contributed by atoms with Gasteiger partial charge in [-0.25, -0.2) is 0 Å². The lowest BCUT2D eigenvalue weighted by atomic mass is 9.90. The monoisotopic (exact) mass is 595 g/mol. The summed E-state index contributed by atoms with van der Waals surface area (Å²) in [6.45, 7) is 11.0. The summed E-state index contributed by atoms with van der Waals surface area (Å²) in [7, 11) is 1.71. The van der Waals surface area contributed by atoms with Gasteiger partial charge in [0.2, 0.25) is 11.8 Å². The van der Waals surface area contributed by atoms with Crippen molar-refractivity contribution in [1.29, 1.82) is 0 Å². The average Bonchev–Trinajstić information content (AvgIpc) is 3.07. The van der Waals surface area contributed by atoms with E-state index < -0.39 is 5.41 Å². The van der Waals surface area contributed by atoms with Crippen LogP contribution in [-0.2, 0) is 22.7 Å². The van der Waals surface area contributed by atoms with Crippen LogP contribution in [0, 0.1) is 12.3 Å². The van der Waals surface area contributed by atoms with Gasteiger partial charge in [0.05, 0.1) is 18.0 Å². The third kappa shape index (κ3) is 6.38. The Bertz CT molecular complexity index is 1720. The van der Waals surface area contributed by atoms with Crippen LogP contribution in [0.4, 0.5) is 11.4 Å². The van der Waals surface area contributed by atoms with E-state index in [2.05, 4.69) is 9.88 Å².